The largest absolute Gasteiger partial charge is 0.506 e. The number of anilines is 1. The van der Waals surface area contributed by atoms with Crippen LogP contribution < -0.4 is 5.73 Å². The van der Waals surface area contributed by atoms with Crippen molar-refractivity contribution in [2.45, 2.75) is 9.79 Å². The minimum absolute atomic E-state index is 0.137. The number of benzene rings is 3. The van der Waals surface area contributed by atoms with Gasteiger partial charge in [-0.2, -0.15) is 16.8 Å². The lowest BCUT2D eigenvalue weighted by Gasteiger charge is -2.09. The molecule has 0 amide bonds. The van der Waals surface area contributed by atoms with Crippen molar-refractivity contribution in [3.05, 3.63) is 42.5 Å². The van der Waals surface area contributed by atoms with Gasteiger partial charge in [0.25, 0.3) is 10.1 Å². The number of sulfone groups is 1. The van der Waals surface area contributed by atoms with Gasteiger partial charge in [-0.1, -0.05) is 0 Å². The fourth-order valence-electron chi connectivity index (χ4n) is 2.92. The number of fused-ring (bicyclic) bond motifs is 1. The van der Waals surface area contributed by atoms with Crippen LogP contribution in [-0.4, -0.2) is 56.9 Å². The van der Waals surface area contributed by atoms with E-state index in [-0.39, 0.29) is 22.1 Å². The molecule has 0 saturated heterocycles. The van der Waals surface area contributed by atoms with E-state index in [1.165, 1.54) is 18.2 Å². The highest BCUT2D eigenvalue weighted by atomic mass is 32.3. The lowest BCUT2D eigenvalue weighted by atomic mass is 10.1. The van der Waals surface area contributed by atoms with Crippen molar-refractivity contribution in [2.75, 3.05) is 18.1 Å². The van der Waals surface area contributed by atoms with Crippen molar-refractivity contribution < 1.29 is 48.8 Å². The maximum atomic E-state index is 12.3. The molecule has 0 aliphatic rings. The Bertz CT molecular complexity index is 1670. The van der Waals surface area contributed by atoms with Crippen LogP contribution in [0.2, 0.25) is 0 Å². The molecular formula is C18H17N3O11S3. The molecule has 0 aromatic heterocycles. The molecular weight excluding hydrogens is 530 g/mol. The average molecular weight is 548 g/mol. The molecule has 3 aromatic carbocycles. The molecule has 0 aliphatic heterocycles. The molecule has 35 heavy (non-hydrogen) atoms. The van der Waals surface area contributed by atoms with Crippen molar-refractivity contribution in [1.29, 1.82) is 0 Å². The predicted octanol–water partition coefficient (Wildman–Crippen LogP) is 2.09. The van der Waals surface area contributed by atoms with Gasteiger partial charge in [-0.25, -0.2) is 12.6 Å². The van der Waals surface area contributed by atoms with Crippen molar-refractivity contribution in [3.63, 3.8) is 0 Å². The summed E-state index contributed by atoms with van der Waals surface area (Å²) in [6.45, 7) is -0.880. The molecule has 3 rings (SSSR count). The first kappa shape index (κ1) is 26.3. The van der Waals surface area contributed by atoms with E-state index < -0.39 is 69.7 Å². The number of nitrogens with two attached hydrogens (primary N) is 1. The maximum absolute atomic E-state index is 12.3. The zero-order chi connectivity index (χ0) is 26.2. The zero-order valence-corrected chi connectivity index (χ0v) is 19.7. The van der Waals surface area contributed by atoms with Crippen molar-refractivity contribution in [2.24, 2.45) is 10.2 Å². The predicted molar refractivity (Wildman–Crippen MR) is 122 cm³/mol. The molecule has 0 saturated carbocycles. The number of hydrogen-bond acceptors (Lipinski definition) is 12. The van der Waals surface area contributed by atoms with Crippen LogP contribution >= 0.6 is 0 Å². The number of phenolic OH excluding ortho intramolecular Hbond substituents is 2. The summed E-state index contributed by atoms with van der Waals surface area (Å²) in [5.74, 6) is -2.22. The highest BCUT2D eigenvalue weighted by Gasteiger charge is 2.23. The SMILES string of the molecule is Nc1ccc2c(O)c(/N=N/c3ccc(S(=O)(=O)CCOS(=O)(=O)O)cc3O)c(S(=O)(=O)O)cc2c1. The van der Waals surface area contributed by atoms with E-state index in [9.17, 15) is 40.0 Å². The Morgan fingerprint density at radius 2 is 1.57 bits per heavy atom. The van der Waals surface area contributed by atoms with Gasteiger partial charge < -0.3 is 15.9 Å². The molecule has 3 aromatic rings. The molecule has 188 valence electrons. The first-order valence-electron chi connectivity index (χ1n) is 9.20. The highest BCUT2D eigenvalue weighted by Crippen LogP contribution is 2.42. The molecule has 0 aliphatic carbocycles. The number of rotatable bonds is 8. The molecule has 14 nitrogen and oxygen atoms in total. The van der Waals surface area contributed by atoms with Crippen LogP contribution in [-0.2, 0) is 34.5 Å². The number of hydrogen-bond donors (Lipinski definition) is 5. The third kappa shape index (κ3) is 6.21. The van der Waals surface area contributed by atoms with Crippen LogP contribution in [0.3, 0.4) is 0 Å². The summed E-state index contributed by atoms with van der Waals surface area (Å²) in [6, 6.07) is 7.95. The number of phenols is 2. The van der Waals surface area contributed by atoms with Crippen LogP contribution in [0.5, 0.6) is 11.5 Å². The van der Waals surface area contributed by atoms with Gasteiger partial charge >= 0.3 is 10.4 Å². The third-order valence-corrected chi connectivity index (χ3v) is 7.51. The smallest absolute Gasteiger partial charge is 0.397 e. The van der Waals surface area contributed by atoms with Gasteiger partial charge in [0.15, 0.2) is 15.6 Å². The molecule has 0 unspecified atom stereocenters. The molecule has 6 N–H and O–H groups in total. The Balaban J connectivity index is 1.99. The van der Waals surface area contributed by atoms with Crippen LogP contribution in [0.25, 0.3) is 10.8 Å². The Hall–Kier alpha value is -3.35. The van der Waals surface area contributed by atoms with Gasteiger partial charge in [0.1, 0.15) is 22.0 Å². The van der Waals surface area contributed by atoms with Crippen LogP contribution in [0, 0.1) is 0 Å². The van der Waals surface area contributed by atoms with E-state index in [0.717, 1.165) is 24.3 Å². The van der Waals surface area contributed by atoms with E-state index in [1.807, 2.05) is 0 Å². The molecule has 0 radical (unpaired) electrons. The van der Waals surface area contributed by atoms with E-state index in [1.54, 1.807) is 0 Å². The number of nitrogen functional groups attached to an aromatic ring is 1. The molecule has 0 bridgehead atoms. The summed E-state index contributed by atoms with van der Waals surface area (Å²) in [5.41, 5.74) is 4.93. The zero-order valence-electron chi connectivity index (χ0n) is 17.3. The Morgan fingerprint density at radius 1 is 0.886 bits per heavy atom. The van der Waals surface area contributed by atoms with Crippen LogP contribution in [0.15, 0.2) is 62.5 Å². The van der Waals surface area contributed by atoms with Crippen LogP contribution in [0.4, 0.5) is 17.1 Å². The number of nitrogens with zero attached hydrogens (tertiary/aromatic N) is 2. The fourth-order valence-corrected chi connectivity index (χ4v) is 5.08. The summed E-state index contributed by atoms with van der Waals surface area (Å²) in [7, 11) is -13.9. The molecule has 17 heteroatoms. The highest BCUT2D eigenvalue weighted by molar-refractivity contribution is 7.91. The van der Waals surface area contributed by atoms with Gasteiger partial charge in [0.2, 0.25) is 0 Å². The minimum atomic E-state index is -4.89. The average Bonchev–Trinajstić information content (AvgIpc) is 2.71. The third-order valence-electron chi connectivity index (χ3n) is 4.50. The second-order valence-electron chi connectivity index (χ2n) is 6.95. The lowest BCUT2D eigenvalue weighted by molar-refractivity contribution is 0.284. The van der Waals surface area contributed by atoms with E-state index in [4.69, 9.17) is 10.3 Å². The van der Waals surface area contributed by atoms with E-state index in [0.29, 0.717) is 0 Å². The topological polar surface area (TPSA) is 243 Å². The summed E-state index contributed by atoms with van der Waals surface area (Å²) >= 11 is 0. The second kappa shape index (κ2) is 9.36. The van der Waals surface area contributed by atoms with Gasteiger partial charge in [-0.3, -0.25) is 9.11 Å². The first-order chi connectivity index (χ1) is 16.1. The van der Waals surface area contributed by atoms with Crippen molar-refractivity contribution >= 4 is 58.2 Å². The fraction of sp³-hybridized carbons (Fsp3) is 0.111. The van der Waals surface area contributed by atoms with Crippen LogP contribution in [0.1, 0.15) is 0 Å². The Morgan fingerprint density at radius 3 is 2.17 bits per heavy atom. The standard InChI is InChI=1S/C18H17N3O11S3/c19-11-1-3-13-10(7-11)8-16(34(26,27)28)17(18(13)23)21-20-14-4-2-12(9-15(14)22)33(24,25)6-5-32-35(29,30)31/h1-4,7-9,22-23H,5-6,19H2,(H,26,27,28)(H,29,30,31)/b21-20+. The summed E-state index contributed by atoms with van der Waals surface area (Å²) < 4.78 is 91.3. The summed E-state index contributed by atoms with van der Waals surface area (Å²) in [6.07, 6.45) is 0. The molecule has 0 heterocycles. The van der Waals surface area contributed by atoms with Gasteiger partial charge in [-0.05, 0) is 41.8 Å². The minimum Gasteiger partial charge on any atom is -0.506 e. The number of aromatic hydroxyl groups is 2. The van der Waals surface area contributed by atoms with Gasteiger partial charge in [0.05, 0.1) is 17.3 Å². The molecule has 0 spiro atoms. The van der Waals surface area contributed by atoms with E-state index in [2.05, 4.69) is 14.4 Å². The van der Waals surface area contributed by atoms with Crippen molar-refractivity contribution in [1.82, 2.24) is 0 Å². The molecule has 0 atom stereocenters. The van der Waals surface area contributed by atoms with E-state index >= 15 is 0 Å². The van der Waals surface area contributed by atoms with Gasteiger partial charge in [-0.15, -0.1) is 10.2 Å². The normalized spacial score (nSPS) is 13.0. The molecule has 0 fully saturated rings. The van der Waals surface area contributed by atoms with Crippen molar-refractivity contribution in [3.8, 4) is 11.5 Å². The summed E-state index contributed by atoms with van der Waals surface area (Å²) in [5, 5.41) is 28.3. The Labute approximate surface area is 198 Å². The summed E-state index contributed by atoms with van der Waals surface area (Å²) in [4.78, 5) is -1.24. The van der Waals surface area contributed by atoms with Gasteiger partial charge in [0, 0.05) is 17.1 Å². The number of azo groups is 1. The quantitative estimate of drug-likeness (QED) is 0.155. The lowest BCUT2D eigenvalue weighted by Crippen LogP contribution is -2.15. The first-order valence-corrected chi connectivity index (χ1v) is 13.7. The second-order valence-corrected chi connectivity index (χ2v) is 11.5. The monoisotopic (exact) mass is 547 g/mol. The Kier molecular flexibility index (Phi) is 7.02. The maximum Gasteiger partial charge on any atom is 0.397 e.